The number of fused-ring (bicyclic) bond motifs is 3. The molecule has 2 aliphatic rings. The smallest absolute Gasteiger partial charge is 0.254 e. The molecule has 1 amide bonds. The minimum Gasteiger partial charge on any atom is -0.494 e. The molecule has 0 N–H and O–H groups in total. The van der Waals surface area contributed by atoms with Gasteiger partial charge in [-0.25, -0.2) is 4.98 Å². The van der Waals surface area contributed by atoms with Gasteiger partial charge in [0.05, 0.1) is 16.8 Å². The number of likely N-dealkylation sites (tertiary alicyclic amines) is 1. The molecule has 2 aliphatic heterocycles. The zero-order valence-corrected chi connectivity index (χ0v) is 22.7. The average molecular weight is 532 g/mol. The first kappa shape index (κ1) is 24.3. The number of aromatic nitrogens is 1. The molecule has 2 saturated heterocycles. The van der Waals surface area contributed by atoms with Crippen LogP contribution in [0.2, 0.25) is 5.02 Å². The van der Waals surface area contributed by atoms with Crippen molar-refractivity contribution in [1.82, 2.24) is 9.88 Å². The van der Waals surface area contributed by atoms with Gasteiger partial charge in [0, 0.05) is 36.8 Å². The summed E-state index contributed by atoms with van der Waals surface area (Å²) in [5.41, 5.74) is 4.88. The number of ether oxygens (including phenoxy) is 1. The van der Waals surface area contributed by atoms with Gasteiger partial charge in [-0.2, -0.15) is 0 Å². The highest BCUT2D eigenvalue weighted by atomic mass is 35.5. The van der Waals surface area contributed by atoms with Crippen molar-refractivity contribution in [1.29, 1.82) is 0 Å². The third-order valence-electron chi connectivity index (χ3n) is 7.36. The first-order valence-corrected chi connectivity index (χ1v) is 14.1. The number of rotatable bonds is 5. The number of thiazole rings is 1. The number of amides is 1. The number of nitrogens with zero attached hydrogens (tertiary/aromatic N) is 3. The standard InChI is InChI=1S/C30H30ClN3O2S/c1-3-36-24-8-5-22(6-9-24)25-10-4-19(2)12-26(25)29(35)33-15-20-13-21(16-33)18-34(17-20)30-32-27-11-7-23(31)14-28(27)37-30/h4-12,14,20-21H,3,13,15-18H2,1-2H3. The Morgan fingerprint density at radius 1 is 1.03 bits per heavy atom. The van der Waals surface area contributed by atoms with E-state index >= 15 is 0 Å². The molecule has 2 fully saturated rings. The zero-order chi connectivity index (χ0) is 25.5. The van der Waals surface area contributed by atoms with Crippen molar-refractivity contribution in [2.75, 3.05) is 37.7 Å². The van der Waals surface area contributed by atoms with Gasteiger partial charge in [-0.05, 0) is 79.6 Å². The monoisotopic (exact) mass is 531 g/mol. The fourth-order valence-electron chi connectivity index (χ4n) is 5.78. The second kappa shape index (κ2) is 9.99. The van der Waals surface area contributed by atoms with Gasteiger partial charge >= 0.3 is 0 Å². The number of halogens is 1. The predicted octanol–water partition coefficient (Wildman–Crippen LogP) is 6.92. The second-order valence-electron chi connectivity index (χ2n) is 10.2. The van der Waals surface area contributed by atoms with Crippen LogP contribution in [-0.2, 0) is 0 Å². The maximum Gasteiger partial charge on any atom is 0.254 e. The highest BCUT2D eigenvalue weighted by molar-refractivity contribution is 7.22. The van der Waals surface area contributed by atoms with Gasteiger partial charge in [0.2, 0.25) is 0 Å². The topological polar surface area (TPSA) is 45.7 Å². The first-order valence-electron chi connectivity index (χ1n) is 12.9. The van der Waals surface area contributed by atoms with Crippen LogP contribution in [0.25, 0.3) is 21.3 Å². The Labute approximate surface area is 226 Å². The van der Waals surface area contributed by atoms with Crippen LogP contribution < -0.4 is 9.64 Å². The van der Waals surface area contributed by atoms with Crippen molar-refractivity contribution in [2.45, 2.75) is 20.3 Å². The quantitative estimate of drug-likeness (QED) is 0.280. The molecule has 0 radical (unpaired) electrons. The van der Waals surface area contributed by atoms with E-state index < -0.39 is 0 Å². The predicted molar refractivity (Wildman–Crippen MR) is 152 cm³/mol. The summed E-state index contributed by atoms with van der Waals surface area (Å²) in [6.45, 7) is 8.06. The van der Waals surface area contributed by atoms with E-state index in [2.05, 4.69) is 21.9 Å². The van der Waals surface area contributed by atoms with Crippen LogP contribution in [0.5, 0.6) is 5.75 Å². The fourth-order valence-corrected chi connectivity index (χ4v) is 7.04. The number of hydrogen-bond donors (Lipinski definition) is 0. The molecule has 0 saturated carbocycles. The molecule has 190 valence electrons. The third kappa shape index (κ3) is 4.92. The lowest BCUT2D eigenvalue weighted by Gasteiger charge is -2.46. The van der Waals surface area contributed by atoms with E-state index in [1.807, 2.05) is 62.4 Å². The number of benzene rings is 3. The van der Waals surface area contributed by atoms with Gasteiger partial charge in [-0.1, -0.05) is 52.8 Å². The van der Waals surface area contributed by atoms with Gasteiger partial charge in [0.1, 0.15) is 5.75 Å². The van der Waals surface area contributed by atoms with Gasteiger partial charge < -0.3 is 14.5 Å². The fraction of sp³-hybridized carbons (Fsp3) is 0.333. The average Bonchev–Trinajstić information content (AvgIpc) is 3.32. The van der Waals surface area contributed by atoms with Crippen LogP contribution in [0.15, 0.2) is 60.7 Å². The van der Waals surface area contributed by atoms with E-state index in [1.54, 1.807) is 11.3 Å². The van der Waals surface area contributed by atoms with Crippen molar-refractivity contribution in [3.63, 3.8) is 0 Å². The molecule has 3 heterocycles. The Bertz CT molecular complexity index is 1440. The molecule has 2 unspecified atom stereocenters. The first-order chi connectivity index (χ1) is 18.0. The molecular weight excluding hydrogens is 502 g/mol. The molecule has 3 aromatic carbocycles. The maximum absolute atomic E-state index is 13.9. The number of anilines is 1. The molecule has 2 bridgehead atoms. The van der Waals surface area contributed by atoms with Crippen LogP contribution in [0.1, 0.15) is 29.3 Å². The van der Waals surface area contributed by atoms with Crippen LogP contribution >= 0.6 is 22.9 Å². The van der Waals surface area contributed by atoms with Crippen molar-refractivity contribution in [3.8, 4) is 16.9 Å². The highest BCUT2D eigenvalue weighted by Crippen LogP contribution is 2.37. The van der Waals surface area contributed by atoms with Crippen LogP contribution in [0.3, 0.4) is 0 Å². The van der Waals surface area contributed by atoms with Crippen LogP contribution in [-0.4, -0.2) is 48.6 Å². The lowest BCUT2D eigenvalue weighted by Crippen LogP contribution is -2.54. The van der Waals surface area contributed by atoms with Crippen LogP contribution in [0.4, 0.5) is 5.13 Å². The van der Waals surface area contributed by atoms with Crippen molar-refractivity contribution in [3.05, 3.63) is 76.8 Å². The molecule has 2 atom stereocenters. The molecular formula is C30H30ClN3O2S. The highest BCUT2D eigenvalue weighted by Gasteiger charge is 2.37. The van der Waals surface area contributed by atoms with E-state index in [4.69, 9.17) is 21.3 Å². The van der Waals surface area contributed by atoms with E-state index in [0.717, 1.165) is 81.0 Å². The zero-order valence-electron chi connectivity index (χ0n) is 21.1. The Balaban J connectivity index is 1.21. The summed E-state index contributed by atoms with van der Waals surface area (Å²) >= 11 is 7.90. The molecule has 0 aliphatic carbocycles. The van der Waals surface area contributed by atoms with Gasteiger partial charge in [0.15, 0.2) is 5.13 Å². The molecule has 7 heteroatoms. The number of hydrogen-bond acceptors (Lipinski definition) is 5. The molecule has 6 rings (SSSR count). The normalized spacial score (nSPS) is 19.3. The van der Waals surface area contributed by atoms with E-state index in [1.165, 1.54) is 0 Å². The summed E-state index contributed by atoms with van der Waals surface area (Å²) in [6, 6.07) is 20.1. The Kier molecular flexibility index (Phi) is 6.55. The number of aryl methyl sites for hydroxylation is 1. The van der Waals surface area contributed by atoms with Crippen LogP contribution in [0, 0.1) is 18.8 Å². The van der Waals surface area contributed by atoms with Crippen molar-refractivity contribution >= 4 is 44.2 Å². The summed E-state index contributed by atoms with van der Waals surface area (Å²) < 4.78 is 6.73. The number of carbonyl (C=O) groups excluding carboxylic acids is 1. The summed E-state index contributed by atoms with van der Waals surface area (Å²) in [6.07, 6.45) is 1.16. The van der Waals surface area contributed by atoms with Gasteiger partial charge in [-0.3, -0.25) is 4.79 Å². The molecule has 4 aromatic rings. The number of piperidine rings is 2. The van der Waals surface area contributed by atoms with Gasteiger partial charge in [0.25, 0.3) is 5.91 Å². The third-order valence-corrected chi connectivity index (χ3v) is 8.67. The molecule has 1 aromatic heterocycles. The van der Waals surface area contributed by atoms with E-state index in [-0.39, 0.29) is 5.91 Å². The van der Waals surface area contributed by atoms with E-state index in [0.29, 0.717) is 18.4 Å². The summed E-state index contributed by atoms with van der Waals surface area (Å²) in [5.74, 6) is 1.85. The summed E-state index contributed by atoms with van der Waals surface area (Å²) in [4.78, 5) is 23.3. The number of carbonyl (C=O) groups is 1. The molecule has 37 heavy (non-hydrogen) atoms. The minimum atomic E-state index is 0.130. The largest absolute Gasteiger partial charge is 0.494 e. The second-order valence-corrected chi connectivity index (χ2v) is 11.6. The SMILES string of the molecule is CCOc1ccc(-c2ccc(C)cc2C(=O)N2CC3CC(C2)CN(c2nc4ccc(Cl)cc4s2)C3)cc1. The molecule has 0 spiro atoms. The Morgan fingerprint density at radius 2 is 1.78 bits per heavy atom. The van der Waals surface area contributed by atoms with Crippen molar-refractivity contribution < 1.29 is 9.53 Å². The van der Waals surface area contributed by atoms with Crippen molar-refractivity contribution in [2.24, 2.45) is 11.8 Å². The lowest BCUT2D eigenvalue weighted by atomic mass is 9.84. The molecule has 5 nitrogen and oxygen atoms in total. The van der Waals surface area contributed by atoms with E-state index in [9.17, 15) is 4.79 Å². The maximum atomic E-state index is 13.9. The van der Waals surface area contributed by atoms with Gasteiger partial charge in [-0.15, -0.1) is 0 Å². The summed E-state index contributed by atoms with van der Waals surface area (Å²) in [7, 11) is 0. The lowest BCUT2D eigenvalue weighted by molar-refractivity contribution is 0.0565. The summed E-state index contributed by atoms with van der Waals surface area (Å²) in [5, 5.41) is 1.80. The minimum absolute atomic E-state index is 0.130. The Hall–Kier alpha value is -3.09. The Morgan fingerprint density at radius 3 is 2.51 bits per heavy atom.